The van der Waals surface area contributed by atoms with E-state index < -0.39 is 0 Å². The molecule has 0 bridgehead atoms. The van der Waals surface area contributed by atoms with E-state index in [1.807, 2.05) is 0 Å². The fourth-order valence-corrected chi connectivity index (χ4v) is 9.55. The first-order valence-corrected chi connectivity index (χ1v) is 19.1. The van der Waals surface area contributed by atoms with Crippen molar-refractivity contribution in [2.45, 2.75) is 45.4 Å². The van der Waals surface area contributed by atoms with E-state index in [0.717, 1.165) is 28.4 Å². The Bertz CT molecular complexity index is 2800. The summed E-state index contributed by atoms with van der Waals surface area (Å²) in [5.41, 5.74) is 19.0. The Morgan fingerprint density at radius 2 is 1.24 bits per heavy atom. The molecule has 258 valence electrons. The van der Waals surface area contributed by atoms with Crippen molar-refractivity contribution in [2.75, 3.05) is 0 Å². The quantitative estimate of drug-likeness (QED) is 0.172. The topological polar surface area (TPSA) is 27.1 Å². The average molecular weight is 695 g/mol. The van der Waals surface area contributed by atoms with Gasteiger partial charge in [0, 0.05) is 10.8 Å². The maximum atomic E-state index is 7.14. The van der Waals surface area contributed by atoms with Gasteiger partial charge in [-0.25, -0.2) is 4.68 Å². The summed E-state index contributed by atoms with van der Waals surface area (Å²) in [5.74, 6) is 1.83. The Balaban J connectivity index is 1.26. The van der Waals surface area contributed by atoms with Gasteiger partial charge in [0.2, 0.25) is 0 Å². The molecule has 3 nitrogen and oxygen atoms in total. The number of rotatable bonds is 3. The molecule has 3 heterocycles. The van der Waals surface area contributed by atoms with Crippen molar-refractivity contribution >= 4 is 34.0 Å². The average Bonchev–Trinajstić information content (AvgIpc) is 3.61. The van der Waals surface area contributed by atoms with Crippen molar-refractivity contribution in [3.63, 3.8) is 0 Å². The molecule has 0 fully saturated rings. The highest BCUT2D eigenvalue weighted by Crippen LogP contribution is 2.50. The van der Waals surface area contributed by atoms with Crippen LogP contribution in [0.2, 0.25) is 0 Å². The van der Waals surface area contributed by atoms with Gasteiger partial charge in [0.25, 0.3) is 6.71 Å². The molecule has 0 saturated heterocycles. The summed E-state index contributed by atoms with van der Waals surface area (Å²) in [4.78, 5) is 0. The molecule has 0 amide bonds. The minimum Gasteiger partial charge on any atom is -0.458 e. The smallest absolute Gasteiger partial charge is 0.256 e. The van der Waals surface area contributed by atoms with Crippen LogP contribution in [-0.2, 0) is 10.8 Å². The Kier molecular flexibility index (Phi) is 6.37. The molecule has 0 radical (unpaired) electrons. The van der Waals surface area contributed by atoms with Gasteiger partial charge in [0.15, 0.2) is 0 Å². The lowest BCUT2D eigenvalue weighted by atomic mass is 9.34. The first kappa shape index (κ1) is 31.4. The van der Waals surface area contributed by atoms with Crippen molar-refractivity contribution in [3.05, 3.63) is 162 Å². The maximum Gasteiger partial charge on any atom is 0.256 e. The highest BCUT2D eigenvalue weighted by Gasteiger charge is 2.45. The Morgan fingerprint density at radius 1 is 0.593 bits per heavy atom. The predicted octanol–water partition coefficient (Wildman–Crippen LogP) is 10.6. The fourth-order valence-electron chi connectivity index (χ4n) is 9.55. The summed E-state index contributed by atoms with van der Waals surface area (Å²) in [6.45, 7) is 11.5. The molecule has 7 aromatic carbocycles. The summed E-state index contributed by atoms with van der Waals surface area (Å²) >= 11 is 0. The lowest BCUT2D eigenvalue weighted by molar-refractivity contribution is 0.483. The molecule has 0 N–H and O–H groups in total. The molecular weight excluding hydrogens is 655 g/mol. The molecular formula is C50H39BN2O. The van der Waals surface area contributed by atoms with Crippen molar-refractivity contribution in [1.29, 1.82) is 0 Å². The van der Waals surface area contributed by atoms with Crippen LogP contribution in [0.15, 0.2) is 146 Å². The summed E-state index contributed by atoms with van der Waals surface area (Å²) < 4.78 is 9.41. The van der Waals surface area contributed by atoms with Crippen LogP contribution in [0.25, 0.3) is 61.1 Å². The van der Waals surface area contributed by atoms with Gasteiger partial charge in [-0.05, 0) is 95.6 Å². The maximum absolute atomic E-state index is 7.14. The largest absolute Gasteiger partial charge is 0.458 e. The lowest BCUT2D eigenvalue weighted by Gasteiger charge is -2.34. The standard InChI is InChI=1S/C50H39BN2O/c1-49(2,3)33-23-25-39-42(29-33)54-43-28-32(44-34(30-15-8-6-9-16-30)20-14-21-35(44)31-17-10-7-11-18-31)27-41-46(43)51(39)40-26-24-37-36-19-12-13-22-38(36)50(4,5)48-45(37)47(40)53(41)52-48/h6-29H,1-5H3. The molecule has 4 heteroatoms. The van der Waals surface area contributed by atoms with E-state index in [0.29, 0.717) is 0 Å². The second-order valence-electron chi connectivity index (χ2n) is 16.8. The zero-order valence-corrected chi connectivity index (χ0v) is 31.2. The minimum atomic E-state index is -0.275. The number of benzene rings is 7. The lowest BCUT2D eigenvalue weighted by Crippen LogP contribution is -2.58. The molecule has 1 aliphatic carbocycles. The van der Waals surface area contributed by atoms with Crippen molar-refractivity contribution < 1.29 is 4.74 Å². The Hall–Kier alpha value is -6.13. The van der Waals surface area contributed by atoms with E-state index in [9.17, 15) is 0 Å². The molecule has 0 saturated carbocycles. The molecule has 3 aliphatic rings. The van der Waals surface area contributed by atoms with Crippen LogP contribution in [-0.4, -0.2) is 16.5 Å². The van der Waals surface area contributed by atoms with E-state index in [-0.39, 0.29) is 17.5 Å². The number of fused-ring (bicyclic) bond motifs is 6. The zero-order chi connectivity index (χ0) is 36.5. The van der Waals surface area contributed by atoms with Gasteiger partial charge in [0.1, 0.15) is 11.5 Å². The van der Waals surface area contributed by atoms with Crippen molar-refractivity contribution in [3.8, 4) is 61.7 Å². The van der Waals surface area contributed by atoms with Crippen LogP contribution in [0.1, 0.15) is 51.4 Å². The Morgan fingerprint density at radius 3 is 1.94 bits per heavy atom. The predicted molar refractivity (Wildman–Crippen MR) is 225 cm³/mol. The monoisotopic (exact) mass is 694 g/mol. The third-order valence-corrected chi connectivity index (χ3v) is 12.2. The van der Waals surface area contributed by atoms with Gasteiger partial charge in [-0.3, -0.25) is 0 Å². The molecule has 0 atom stereocenters. The van der Waals surface area contributed by atoms with Crippen LogP contribution >= 0.6 is 0 Å². The van der Waals surface area contributed by atoms with Crippen LogP contribution in [0.3, 0.4) is 0 Å². The first-order chi connectivity index (χ1) is 26.2. The zero-order valence-electron chi connectivity index (χ0n) is 31.2. The molecule has 0 unspecified atom stereocenters. The molecule has 1 aromatic heterocycles. The van der Waals surface area contributed by atoms with E-state index in [1.165, 1.54) is 77.4 Å². The van der Waals surface area contributed by atoms with Gasteiger partial charge >= 0.3 is 0 Å². The highest BCUT2D eigenvalue weighted by molar-refractivity contribution is 6.99. The summed E-state index contributed by atoms with van der Waals surface area (Å²) in [5, 5.41) is 6.90. The van der Waals surface area contributed by atoms with Crippen molar-refractivity contribution in [2.24, 2.45) is 0 Å². The molecule has 0 spiro atoms. The third kappa shape index (κ3) is 4.28. The summed E-state index contributed by atoms with van der Waals surface area (Å²) in [6.07, 6.45) is 0. The SMILES string of the molecule is CC(C)(C)c1ccc2c(c1)Oc1cc(-c3c(-c4ccccc4)cccc3-c3ccccc3)cc3c1B2c1ccc2c4c(nn-3c14)C(C)(C)c1ccccc1-2. The fraction of sp³-hybridized carbons (Fsp3) is 0.140. The molecule has 11 rings (SSSR count). The second-order valence-corrected chi connectivity index (χ2v) is 16.8. The van der Waals surface area contributed by atoms with Gasteiger partial charge < -0.3 is 4.74 Å². The van der Waals surface area contributed by atoms with E-state index in [4.69, 9.17) is 9.84 Å². The summed E-state index contributed by atoms with van der Waals surface area (Å²) in [6, 6.07) is 53.4. The molecule has 2 aliphatic heterocycles. The van der Waals surface area contributed by atoms with E-state index >= 15 is 0 Å². The minimum absolute atomic E-state index is 0.00571. The number of hydrogen-bond donors (Lipinski definition) is 0. The van der Waals surface area contributed by atoms with Crippen LogP contribution in [0.4, 0.5) is 0 Å². The van der Waals surface area contributed by atoms with Crippen LogP contribution < -0.4 is 21.1 Å². The molecule has 54 heavy (non-hydrogen) atoms. The summed E-state index contributed by atoms with van der Waals surface area (Å²) in [7, 11) is 0. The number of nitrogens with zero attached hydrogens (tertiary/aromatic N) is 2. The van der Waals surface area contributed by atoms with Gasteiger partial charge in [-0.15, -0.1) is 0 Å². The van der Waals surface area contributed by atoms with Gasteiger partial charge in [-0.2, -0.15) is 5.10 Å². The van der Waals surface area contributed by atoms with Crippen LogP contribution in [0.5, 0.6) is 11.5 Å². The van der Waals surface area contributed by atoms with E-state index in [1.54, 1.807) is 0 Å². The van der Waals surface area contributed by atoms with Gasteiger partial charge in [0.05, 0.1) is 16.9 Å². The normalized spacial score (nSPS) is 14.3. The first-order valence-electron chi connectivity index (χ1n) is 19.1. The number of aromatic nitrogens is 2. The third-order valence-electron chi connectivity index (χ3n) is 12.2. The highest BCUT2D eigenvalue weighted by atomic mass is 16.5. The Labute approximate surface area is 317 Å². The van der Waals surface area contributed by atoms with Crippen LogP contribution in [0, 0.1) is 0 Å². The van der Waals surface area contributed by atoms with Gasteiger partial charge in [-0.1, -0.05) is 162 Å². The van der Waals surface area contributed by atoms with E-state index in [2.05, 4.69) is 185 Å². The van der Waals surface area contributed by atoms with Crippen molar-refractivity contribution in [1.82, 2.24) is 9.78 Å². The second kappa shape index (κ2) is 11.0. The molecule has 8 aromatic rings. The number of hydrogen-bond acceptors (Lipinski definition) is 2. The number of ether oxygens (including phenoxy) is 1.